The van der Waals surface area contributed by atoms with Gasteiger partial charge >= 0.3 is 6.18 Å². The van der Waals surface area contributed by atoms with Crippen LogP contribution in [-0.2, 0) is 6.18 Å². The second-order valence-electron chi connectivity index (χ2n) is 4.68. The summed E-state index contributed by atoms with van der Waals surface area (Å²) in [6, 6.07) is 3.17. The van der Waals surface area contributed by atoms with Gasteiger partial charge in [-0.25, -0.2) is 4.39 Å². The molecule has 19 heavy (non-hydrogen) atoms. The van der Waals surface area contributed by atoms with Gasteiger partial charge in [0, 0.05) is 0 Å². The number of rotatable bonds is 6. The molecular weight excluding hydrogens is 258 g/mol. The van der Waals surface area contributed by atoms with E-state index in [0.29, 0.717) is 5.56 Å². The second-order valence-corrected chi connectivity index (χ2v) is 4.68. The van der Waals surface area contributed by atoms with E-state index in [-0.39, 0.29) is 5.92 Å². The lowest BCUT2D eigenvalue weighted by Crippen LogP contribution is -2.17. The Hall–Kier alpha value is -1.10. The summed E-state index contributed by atoms with van der Waals surface area (Å²) >= 11 is 0. The Kier molecular flexibility index (Phi) is 5.79. The van der Waals surface area contributed by atoms with E-state index in [4.69, 9.17) is 0 Å². The van der Waals surface area contributed by atoms with Crippen LogP contribution in [0.4, 0.5) is 17.6 Å². The highest BCUT2D eigenvalue weighted by molar-refractivity contribution is 5.28. The minimum atomic E-state index is -4.63. The van der Waals surface area contributed by atoms with Crippen LogP contribution in [0, 0.1) is 5.82 Å². The molecule has 0 radical (unpaired) electrons. The zero-order chi connectivity index (χ0) is 14.5. The number of hydrogen-bond donors (Lipinski definition) is 1. The molecule has 0 aliphatic carbocycles. The Labute approximate surface area is 111 Å². The van der Waals surface area contributed by atoms with Crippen molar-refractivity contribution in [1.29, 1.82) is 0 Å². The number of nitrogens with one attached hydrogen (secondary N) is 1. The molecule has 5 heteroatoms. The van der Waals surface area contributed by atoms with Gasteiger partial charge in [-0.2, -0.15) is 13.2 Å². The van der Waals surface area contributed by atoms with Crippen LogP contribution in [0.2, 0.25) is 0 Å². The molecule has 0 spiro atoms. The molecule has 0 heterocycles. The van der Waals surface area contributed by atoms with Crippen LogP contribution in [0.5, 0.6) is 0 Å². The highest BCUT2D eigenvalue weighted by atomic mass is 19.4. The van der Waals surface area contributed by atoms with Crippen molar-refractivity contribution >= 4 is 0 Å². The van der Waals surface area contributed by atoms with Crippen molar-refractivity contribution in [2.75, 3.05) is 13.1 Å². The van der Waals surface area contributed by atoms with Gasteiger partial charge < -0.3 is 5.32 Å². The summed E-state index contributed by atoms with van der Waals surface area (Å²) < 4.78 is 50.7. The zero-order valence-electron chi connectivity index (χ0n) is 11.1. The van der Waals surface area contributed by atoms with Crippen molar-refractivity contribution in [1.82, 2.24) is 5.32 Å². The first-order valence-corrected chi connectivity index (χ1v) is 6.43. The largest absolute Gasteiger partial charge is 0.419 e. The van der Waals surface area contributed by atoms with Gasteiger partial charge in [0.05, 0.1) is 5.56 Å². The monoisotopic (exact) mass is 277 g/mol. The van der Waals surface area contributed by atoms with Gasteiger partial charge in [-0.3, -0.25) is 0 Å². The normalized spacial score (nSPS) is 13.6. The molecule has 0 bridgehead atoms. The molecule has 0 saturated carbocycles. The van der Waals surface area contributed by atoms with E-state index in [0.717, 1.165) is 38.1 Å². The summed E-state index contributed by atoms with van der Waals surface area (Å²) in [7, 11) is 0. The van der Waals surface area contributed by atoms with Gasteiger partial charge in [-0.05, 0) is 49.5 Å². The molecule has 0 aromatic heterocycles. The summed E-state index contributed by atoms with van der Waals surface area (Å²) in [4.78, 5) is 0. The van der Waals surface area contributed by atoms with Crippen LogP contribution >= 0.6 is 0 Å². The maximum atomic E-state index is 13.4. The first-order valence-electron chi connectivity index (χ1n) is 6.43. The lowest BCUT2D eigenvalue weighted by Gasteiger charge is -2.14. The minimum absolute atomic E-state index is 0.0288. The molecule has 1 aromatic rings. The maximum absolute atomic E-state index is 13.4. The molecule has 1 N–H and O–H groups in total. The molecule has 0 aliphatic rings. The topological polar surface area (TPSA) is 12.0 Å². The Morgan fingerprint density at radius 1 is 1.21 bits per heavy atom. The molecule has 1 atom stereocenters. The third kappa shape index (κ3) is 4.82. The summed E-state index contributed by atoms with van der Waals surface area (Å²) in [6.07, 6.45) is -2.83. The van der Waals surface area contributed by atoms with Crippen LogP contribution in [0.1, 0.15) is 43.7 Å². The summed E-state index contributed by atoms with van der Waals surface area (Å²) in [5.74, 6) is -1.17. The average molecular weight is 277 g/mol. The standard InChI is InChI=1S/C14H19F4N/c1-3-7-19-8-6-10(2)11-4-5-12(13(15)9-11)14(16,17)18/h4-5,9-10,19H,3,6-8H2,1-2H3. The van der Waals surface area contributed by atoms with Gasteiger partial charge in [0.2, 0.25) is 0 Å². The highest BCUT2D eigenvalue weighted by Crippen LogP contribution is 2.33. The van der Waals surface area contributed by atoms with E-state index in [2.05, 4.69) is 12.2 Å². The van der Waals surface area contributed by atoms with Gasteiger partial charge in [-0.1, -0.05) is 19.9 Å². The van der Waals surface area contributed by atoms with E-state index in [9.17, 15) is 17.6 Å². The molecular formula is C14H19F4N. The van der Waals surface area contributed by atoms with E-state index in [1.54, 1.807) is 0 Å². The van der Waals surface area contributed by atoms with Gasteiger partial charge in [0.15, 0.2) is 0 Å². The predicted molar refractivity (Wildman–Crippen MR) is 67.6 cm³/mol. The number of benzene rings is 1. The predicted octanol–water partition coefficient (Wildman–Crippen LogP) is 4.34. The molecule has 0 aliphatic heterocycles. The van der Waals surface area contributed by atoms with Crippen LogP contribution in [0.3, 0.4) is 0 Å². The fourth-order valence-electron chi connectivity index (χ4n) is 1.85. The van der Waals surface area contributed by atoms with Crippen LogP contribution in [0.15, 0.2) is 18.2 Å². The first-order chi connectivity index (χ1) is 8.86. The molecule has 1 nitrogen and oxygen atoms in total. The lowest BCUT2D eigenvalue weighted by molar-refractivity contribution is -0.140. The average Bonchev–Trinajstić information content (AvgIpc) is 2.32. The van der Waals surface area contributed by atoms with Crippen molar-refractivity contribution in [2.24, 2.45) is 0 Å². The van der Waals surface area contributed by atoms with Crippen molar-refractivity contribution in [3.8, 4) is 0 Å². The third-order valence-corrected chi connectivity index (χ3v) is 3.05. The maximum Gasteiger partial charge on any atom is 0.419 e. The molecule has 1 aromatic carbocycles. The third-order valence-electron chi connectivity index (χ3n) is 3.05. The molecule has 1 unspecified atom stereocenters. The second kappa shape index (κ2) is 6.89. The van der Waals surface area contributed by atoms with Gasteiger partial charge in [0.25, 0.3) is 0 Å². The summed E-state index contributed by atoms with van der Waals surface area (Å²) in [6.45, 7) is 5.63. The summed E-state index contributed by atoms with van der Waals surface area (Å²) in [5, 5.41) is 3.21. The van der Waals surface area contributed by atoms with Gasteiger partial charge in [-0.15, -0.1) is 0 Å². The molecule has 0 fully saturated rings. The van der Waals surface area contributed by atoms with E-state index >= 15 is 0 Å². The molecule has 0 amide bonds. The van der Waals surface area contributed by atoms with Crippen molar-refractivity contribution in [3.63, 3.8) is 0 Å². The first kappa shape index (κ1) is 16.0. The summed E-state index contributed by atoms with van der Waals surface area (Å²) in [5.41, 5.74) is -0.601. The van der Waals surface area contributed by atoms with Crippen molar-refractivity contribution in [2.45, 2.75) is 38.8 Å². The van der Waals surface area contributed by atoms with E-state index in [1.165, 1.54) is 6.07 Å². The zero-order valence-corrected chi connectivity index (χ0v) is 11.1. The smallest absolute Gasteiger partial charge is 0.317 e. The Balaban J connectivity index is 2.67. The highest BCUT2D eigenvalue weighted by Gasteiger charge is 2.34. The van der Waals surface area contributed by atoms with Crippen molar-refractivity contribution < 1.29 is 17.6 Å². The number of alkyl halides is 3. The van der Waals surface area contributed by atoms with Crippen LogP contribution < -0.4 is 5.32 Å². The SMILES string of the molecule is CCCNCCC(C)c1ccc(C(F)(F)F)c(F)c1. The van der Waals surface area contributed by atoms with Gasteiger partial charge in [0.1, 0.15) is 5.82 Å². The Bertz CT molecular complexity index is 401. The number of hydrogen-bond acceptors (Lipinski definition) is 1. The van der Waals surface area contributed by atoms with Crippen LogP contribution in [0.25, 0.3) is 0 Å². The van der Waals surface area contributed by atoms with E-state index < -0.39 is 17.6 Å². The minimum Gasteiger partial charge on any atom is -0.317 e. The molecule has 0 saturated heterocycles. The number of halogens is 4. The Morgan fingerprint density at radius 2 is 1.89 bits per heavy atom. The fourth-order valence-corrected chi connectivity index (χ4v) is 1.85. The fraction of sp³-hybridized carbons (Fsp3) is 0.571. The quantitative estimate of drug-likeness (QED) is 0.602. The van der Waals surface area contributed by atoms with E-state index in [1.807, 2.05) is 6.92 Å². The molecule has 1 rings (SSSR count). The van der Waals surface area contributed by atoms with Crippen molar-refractivity contribution in [3.05, 3.63) is 35.1 Å². The van der Waals surface area contributed by atoms with Crippen LogP contribution in [-0.4, -0.2) is 13.1 Å². The lowest BCUT2D eigenvalue weighted by atomic mass is 9.96. The molecule has 108 valence electrons. The Morgan fingerprint density at radius 3 is 2.42 bits per heavy atom.